The second-order valence-corrected chi connectivity index (χ2v) is 13.0. The zero-order valence-corrected chi connectivity index (χ0v) is 27.9. The van der Waals surface area contributed by atoms with E-state index in [2.05, 4.69) is 29.7 Å². The Morgan fingerprint density at radius 2 is 0.827 bits per heavy atom. The van der Waals surface area contributed by atoms with Crippen LogP contribution in [-0.4, -0.2) is 28.7 Å². The first-order valence-corrected chi connectivity index (χ1v) is 17.1. The lowest BCUT2D eigenvalue weighted by Crippen LogP contribution is -2.11. The Balaban J connectivity index is 1.27. The highest BCUT2D eigenvalue weighted by atomic mass is 15.3. The Morgan fingerprint density at radius 3 is 1.33 bits per heavy atom. The molecule has 0 atom stereocenters. The van der Waals surface area contributed by atoms with Crippen LogP contribution in [0, 0.1) is 6.92 Å². The molecule has 0 amide bonds. The average molecular weight is 672 g/mol. The van der Waals surface area contributed by atoms with E-state index in [-0.39, 0.29) is 0 Å². The number of hydrogen-bond acceptors (Lipinski definition) is 3. The maximum Gasteiger partial charge on any atom is 0.240 e. The van der Waals surface area contributed by atoms with Crippen LogP contribution in [0.2, 0.25) is 0 Å². The molecule has 11 aromatic rings. The maximum absolute atomic E-state index is 8.51. The molecule has 0 aliphatic carbocycles. The van der Waals surface area contributed by atoms with E-state index in [1.165, 1.54) is 0 Å². The fraction of sp³-hybridized carbons (Fsp3) is 0.0217. The number of rotatable bonds is 4. The molecule has 244 valence electrons. The van der Waals surface area contributed by atoms with Gasteiger partial charge < -0.3 is 4.57 Å². The van der Waals surface area contributed by atoms with Gasteiger partial charge in [0.1, 0.15) is 0 Å². The van der Waals surface area contributed by atoms with E-state index in [9.17, 15) is 0 Å². The standard InChI is InChI=1S/C46H30N6/c1-29-26-27-43-36(28-29)34-18-6-12-24-41(34)52(43)46-48-44(47-45(49-46)51-39-22-10-4-16-32(39)33-17-5-11-23-40(33)51)35-19-7-13-25-42(35)50-37-20-8-2-14-30(37)31-15-3-9-21-38(31)50/h2-28H,1H3/i2D,3D,4D,5D,6D. The number of nitrogens with zero attached hydrogens (tertiary/aromatic N) is 6. The van der Waals surface area contributed by atoms with Gasteiger partial charge >= 0.3 is 0 Å². The number of fused-ring (bicyclic) bond motifs is 9. The quantitative estimate of drug-likeness (QED) is 0.187. The van der Waals surface area contributed by atoms with Crippen molar-refractivity contribution in [2.45, 2.75) is 6.92 Å². The summed E-state index contributed by atoms with van der Waals surface area (Å²) in [6.07, 6.45) is 0. The molecule has 52 heavy (non-hydrogen) atoms. The second kappa shape index (κ2) is 11.0. The van der Waals surface area contributed by atoms with Crippen LogP contribution < -0.4 is 0 Å². The Morgan fingerprint density at radius 1 is 0.404 bits per heavy atom. The summed E-state index contributed by atoms with van der Waals surface area (Å²) in [7, 11) is 0. The minimum atomic E-state index is 0.360. The molecule has 6 nitrogen and oxygen atoms in total. The first-order valence-electron chi connectivity index (χ1n) is 19.6. The van der Waals surface area contributed by atoms with Gasteiger partial charge in [0.15, 0.2) is 5.82 Å². The lowest BCUT2D eigenvalue weighted by Gasteiger charge is -2.16. The highest BCUT2D eigenvalue weighted by molar-refractivity contribution is 6.11. The predicted octanol–water partition coefficient (Wildman–Crippen LogP) is 11.1. The van der Waals surface area contributed by atoms with Gasteiger partial charge in [-0.05, 0) is 61.5 Å². The highest BCUT2D eigenvalue weighted by Gasteiger charge is 2.22. The molecular weight excluding hydrogens is 637 g/mol. The van der Waals surface area contributed by atoms with Crippen molar-refractivity contribution in [1.82, 2.24) is 28.7 Å². The first kappa shape index (κ1) is 24.2. The molecule has 0 aliphatic rings. The van der Waals surface area contributed by atoms with Crippen LogP contribution in [0.25, 0.3) is 94.4 Å². The van der Waals surface area contributed by atoms with E-state index in [4.69, 9.17) is 21.8 Å². The zero-order chi connectivity index (χ0) is 38.7. The van der Waals surface area contributed by atoms with Crippen LogP contribution >= 0.6 is 0 Å². The van der Waals surface area contributed by atoms with Gasteiger partial charge in [0.05, 0.1) is 45.6 Å². The predicted molar refractivity (Wildman–Crippen MR) is 213 cm³/mol. The SMILES string of the molecule is [2H]c1ccc2c(c1)c1cc([2H])ccc1n2-c1nc(-c2ccccc2-n2c3ccc([2H])cc3c3cc([2H])ccc32)nc(-n2c3ccc([2H])cc3c3cc(C)ccc32)n1. The minimum absolute atomic E-state index is 0.360. The van der Waals surface area contributed by atoms with Crippen molar-refractivity contribution >= 4 is 65.4 Å². The van der Waals surface area contributed by atoms with E-state index in [0.29, 0.717) is 47.9 Å². The van der Waals surface area contributed by atoms with Crippen molar-refractivity contribution in [3.63, 3.8) is 0 Å². The Hall–Kier alpha value is -7.05. The van der Waals surface area contributed by atoms with Crippen LogP contribution in [0.15, 0.2) is 164 Å². The highest BCUT2D eigenvalue weighted by Crippen LogP contribution is 2.38. The normalized spacial score (nSPS) is 13.3. The van der Waals surface area contributed by atoms with Gasteiger partial charge in [-0.15, -0.1) is 0 Å². The van der Waals surface area contributed by atoms with Gasteiger partial charge in [-0.1, -0.05) is 115 Å². The molecule has 0 aliphatic heterocycles. The number of benzene rings is 7. The summed E-state index contributed by atoms with van der Waals surface area (Å²) in [4.78, 5) is 15.8. The van der Waals surface area contributed by atoms with Crippen LogP contribution in [-0.2, 0) is 0 Å². The lowest BCUT2D eigenvalue weighted by atomic mass is 10.1. The van der Waals surface area contributed by atoms with Gasteiger partial charge in [-0.3, -0.25) is 9.13 Å². The van der Waals surface area contributed by atoms with Gasteiger partial charge in [-0.25, -0.2) is 0 Å². The van der Waals surface area contributed by atoms with Gasteiger partial charge in [0.2, 0.25) is 11.9 Å². The average Bonchev–Trinajstić information content (AvgIpc) is 3.81. The van der Waals surface area contributed by atoms with E-state index in [0.717, 1.165) is 82.2 Å². The van der Waals surface area contributed by atoms with Crippen LogP contribution in [0.5, 0.6) is 0 Å². The third-order valence-corrected chi connectivity index (χ3v) is 10.1. The van der Waals surface area contributed by atoms with Crippen molar-refractivity contribution in [2.75, 3.05) is 0 Å². The topological polar surface area (TPSA) is 53.5 Å². The molecule has 0 unspecified atom stereocenters. The fourth-order valence-electron chi connectivity index (χ4n) is 7.84. The molecule has 0 spiro atoms. The molecule has 0 fully saturated rings. The summed E-state index contributed by atoms with van der Waals surface area (Å²) in [5.41, 5.74) is 7.73. The van der Waals surface area contributed by atoms with Crippen LogP contribution in [0.4, 0.5) is 0 Å². The third kappa shape index (κ3) is 4.09. The Bertz CT molecular complexity index is 3190. The summed E-state index contributed by atoms with van der Waals surface area (Å²) in [6, 6.07) is 43.8. The molecule has 0 bridgehead atoms. The summed E-state index contributed by atoms with van der Waals surface area (Å²) in [6.45, 7) is 2.06. The molecular formula is C46H30N6. The molecule has 0 N–H and O–H groups in total. The van der Waals surface area contributed by atoms with Crippen molar-refractivity contribution in [3.05, 3.63) is 169 Å². The fourth-order valence-corrected chi connectivity index (χ4v) is 7.84. The maximum atomic E-state index is 8.51. The van der Waals surface area contributed by atoms with Crippen molar-refractivity contribution in [2.24, 2.45) is 0 Å². The molecule has 0 radical (unpaired) electrons. The molecule has 4 aromatic heterocycles. The van der Waals surface area contributed by atoms with Crippen molar-refractivity contribution in [1.29, 1.82) is 0 Å². The largest absolute Gasteiger partial charge is 0.309 e. The Kier molecular flexibility index (Phi) is 5.10. The van der Waals surface area contributed by atoms with E-state index in [1.807, 2.05) is 94.1 Å². The van der Waals surface area contributed by atoms with Crippen molar-refractivity contribution in [3.8, 4) is 29.0 Å². The third-order valence-electron chi connectivity index (χ3n) is 10.1. The molecule has 0 saturated heterocycles. The number of para-hydroxylation sites is 6. The van der Waals surface area contributed by atoms with Crippen molar-refractivity contribution < 1.29 is 6.85 Å². The summed E-state index contributed by atoms with van der Waals surface area (Å²) in [5, 5.41) is 5.29. The summed E-state index contributed by atoms with van der Waals surface area (Å²) in [5.74, 6) is 1.16. The molecule has 7 aromatic carbocycles. The second-order valence-electron chi connectivity index (χ2n) is 13.0. The lowest BCUT2D eigenvalue weighted by molar-refractivity contribution is 0.892. The van der Waals surface area contributed by atoms with E-state index in [1.54, 1.807) is 30.3 Å². The molecule has 0 saturated carbocycles. The molecule has 11 rings (SSSR count). The number of aryl methyl sites for hydroxylation is 1. The summed E-state index contributed by atoms with van der Waals surface area (Å²) >= 11 is 0. The van der Waals surface area contributed by atoms with Gasteiger partial charge in [0, 0.05) is 37.9 Å². The number of aromatic nitrogens is 6. The zero-order valence-electron chi connectivity index (χ0n) is 32.9. The minimum Gasteiger partial charge on any atom is -0.309 e. The van der Waals surface area contributed by atoms with Gasteiger partial charge in [-0.2, -0.15) is 15.0 Å². The van der Waals surface area contributed by atoms with E-state index < -0.39 is 0 Å². The summed E-state index contributed by atoms with van der Waals surface area (Å²) < 4.78 is 48.5. The van der Waals surface area contributed by atoms with E-state index >= 15 is 0 Å². The number of hydrogen-bond donors (Lipinski definition) is 0. The monoisotopic (exact) mass is 671 g/mol. The first-order chi connectivity index (χ1) is 27.7. The van der Waals surface area contributed by atoms with Gasteiger partial charge in [0.25, 0.3) is 0 Å². The van der Waals surface area contributed by atoms with Crippen LogP contribution in [0.1, 0.15) is 12.4 Å². The molecule has 6 heteroatoms. The smallest absolute Gasteiger partial charge is 0.240 e. The Labute approximate surface area is 305 Å². The molecule has 4 heterocycles. The van der Waals surface area contributed by atoms with Crippen LogP contribution in [0.3, 0.4) is 0 Å².